The first kappa shape index (κ1) is 12.5. The Hall–Kier alpha value is -1.53. The minimum absolute atomic E-state index is 0.0538. The Morgan fingerprint density at radius 1 is 1.38 bits per heavy atom. The van der Waals surface area contributed by atoms with Gasteiger partial charge in [0.1, 0.15) is 17.7 Å². The number of benzene rings is 1. The van der Waals surface area contributed by atoms with Gasteiger partial charge in [-0.15, -0.1) is 0 Å². The standard InChI is InChI=1S/C10H12F2N2O2/c11-5-1-2-6(7(12)3-5)8(13)4-9(14)10(15)16/h1-3,8-9H,4,13-14H2,(H,15,16). The van der Waals surface area contributed by atoms with Crippen LogP contribution in [0.3, 0.4) is 0 Å². The van der Waals surface area contributed by atoms with Crippen LogP contribution in [0, 0.1) is 11.6 Å². The minimum Gasteiger partial charge on any atom is -0.480 e. The number of halogens is 2. The zero-order valence-corrected chi connectivity index (χ0v) is 8.36. The van der Waals surface area contributed by atoms with Gasteiger partial charge in [-0.1, -0.05) is 6.07 Å². The van der Waals surface area contributed by atoms with Gasteiger partial charge in [0.2, 0.25) is 0 Å². The van der Waals surface area contributed by atoms with Gasteiger partial charge in [-0.3, -0.25) is 4.79 Å². The second-order valence-corrected chi connectivity index (χ2v) is 3.45. The lowest BCUT2D eigenvalue weighted by atomic mass is 10.00. The lowest BCUT2D eigenvalue weighted by Crippen LogP contribution is -2.34. The van der Waals surface area contributed by atoms with E-state index >= 15 is 0 Å². The summed E-state index contributed by atoms with van der Waals surface area (Å²) in [6.45, 7) is 0. The van der Waals surface area contributed by atoms with Crippen LogP contribution in [0.25, 0.3) is 0 Å². The molecule has 0 heterocycles. The summed E-state index contributed by atoms with van der Waals surface area (Å²) in [4.78, 5) is 10.5. The normalized spacial score (nSPS) is 14.5. The van der Waals surface area contributed by atoms with Crippen LogP contribution in [0.2, 0.25) is 0 Å². The smallest absolute Gasteiger partial charge is 0.320 e. The molecule has 1 rings (SSSR count). The summed E-state index contributed by atoms with van der Waals surface area (Å²) in [5.41, 5.74) is 10.9. The van der Waals surface area contributed by atoms with Gasteiger partial charge in [0.25, 0.3) is 0 Å². The summed E-state index contributed by atoms with van der Waals surface area (Å²) < 4.78 is 25.8. The van der Waals surface area contributed by atoms with Crippen molar-refractivity contribution in [1.82, 2.24) is 0 Å². The highest BCUT2D eigenvalue weighted by molar-refractivity contribution is 5.73. The van der Waals surface area contributed by atoms with E-state index in [0.717, 1.165) is 6.07 Å². The molecule has 6 heteroatoms. The van der Waals surface area contributed by atoms with Crippen LogP contribution < -0.4 is 11.5 Å². The van der Waals surface area contributed by atoms with E-state index in [-0.39, 0.29) is 12.0 Å². The van der Waals surface area contributed by atoms with Crippen molar-refractivity contribution in [3.63, 3.8) is 0 Å². The molecule has 2 atom stereocenters. The highest BCUT2D eigenvalue weighted by Gasteiger charge is 2.19. The maximum atomic E-state index is 13.2. The predicted octanol–water partition coefficient (Wildman–Crippen LogP) is 0.767. The van der Waals surface area contributed by atoms with E-state index in [4.69, 9.17) is 16.6 Å². The van der Waals surface area contributed by atoms with Crippen LogP contribution in [-0.4, -0.2) is 17.1 Å². The molecule has 16 heavy (non-hydrogen) atoms. The van der Waals surface area contributed by atoms with Gasteiger partial charge in [0, 0.05) is 17.7 Å². The Morgan fingerprint density at radius 3 is 2.50 bits per heavy atom. The third-order valence-electron chi connectivity index (χ3n) is 2.19. The number of nitrogens with two attached hydrogens (primary N) is 2. The Bertz CT molecular complexity index is 398. The van der Waals surface area contributed by atoms with E-state index in [1.54, 1.807) is 0 Å². The van der Waals surface area contributed by atoms with Crippen molar-refractivity contribution in [2.75, 3.05) is 0 Å². The van der Waals surface area contributed by atoms with E-state index in [1.165, 1.54) is 6.07 Å². The van der Waals surface area contributed by atoms with Gasteiger partial charge in [-0.05, 0) is 12.5 Å². The maximum Gasteiger partial charge on any atom is 0.320 e. The van der Waals surface area contributed by atoms with Crippen LogP contribution in [0.1, 0.15) is 18.0 Å². The Labute approximate surface area is 90.9 Å². The van der Waals surface area contributed by atoms with Crippen molar-refractivity contribution < 1.29 is 18.7 Å². The number of hydrogen-bond donors (Lipinski definition) is 3. The molecule has 5 N–H and O–H groups in total. The molecule has 0 aliphatic carbocycles. The van der Waals surface area contributed by atoms with Gasteiger partial charge in [0.15, 0.2) is 0 Å². The highest BCUT2D eigenvalue weighted by atomic mass is 19.1. The van der Waals surface area contributed by atoms with E-state index < -0.39 is 29.7 Å². The fraction of sp³-hybridized carbons (Fsp3) is 0.300. The monoisotopic (exact) mass is 230 g/mol. The van der Waals surface area contributed by atoms with E-state index in [9.17, 15) is 13.6 Å². The molecular formula is C10H12F2N2O2. The van der Waals surface area contributed by atoms with Crippen molar-refractivity contribution in [2.24, 2.45) is 11.5 Å². The molecule has 0 fully saturated rings. The van der Waals surface area contributed by atoms with E-state index in [1.807, 2.05) is 0 Å². The molecule has 1 aromatic carbocycles. The van der Waals surface area contributed by atoms with E-state index in [2.05, 4.69) is 0 Å². The summed E-state index contributed by atoms with van der Waals surface area (Å²) in [5.74, 6) is -2.72. The lowest BCUT2D eigenvalue weighted by Gasteiger charge is -2.15. The SMILES string of the molecule is NC(CC(N)c1ccc(F)cc1F)C(=O)O. The maximum absolute atomic E-state index is 13.2. The molecule has 0 saturated heterocycles. The summed E-state index contributed by atoms with van der Waals surface area (Å²) in [6.07, 6.45) is -0.113. The van der Waals surface area contributed by atoms with Crippen molar-refractivity contribution in [3.8, 4) is 0 Å². The molecule has 88 valence electrons. The van der Waals surface area contributed by atoms with Crippen molar-refractivity contribution in [3.05, 3.63) is 35.4 Å². The first-order valence-corrected chi connectivity index (χ1v) is 4.60. The summed E-state index contributed by atoms with van der Waals surface area (Å²) in [5, 5.41) is 8.56. The number of carbonyl (C=O) groups is 1. The van der Waals surface area contributed by atoms with Gasteiger partial charge >= 0.3 is 5.97 Å². The average molecular weight is 230 g/mol. The molecule has 0 aliphatic heterocycles. The van der Waals surface area contributed by atoms with Crippen LogP contribution >= 0.6 is 0 Å². The van der Waals surface area contributed by atoms with Crippen LogP contribution in [-0.2, 0) is 4.79 Å². The molecule has 0 spiro atoms. The molecule has 4 nitrogen and oxygen atoms in total. The van der Waals surface area contributed by atoms with Gasteiger partial charge in [-0.2, -0.15) is 0 Å². The molecule has 0 aliphatic rings. The molecule has 2 unspecified atom stereocenters. The fourth-order valence-electron chi connectivity index (χ4n) is 1.30. The fourth-order valence-corrected chi connectivity index (χ4v) is 1.30. The molecule has 1 aromatic rings. The Morgan fingerprint density at radius 2 is 2.00 bits per heavy atom. The number of hydrogen-bond acceptors (Lipinski definition) is 3. The van der Waals surface area contributed by atoms with Gasteiger partial charge in [-0.25, -0.2) is 8.78 Å². The van der Waals surface area contributed by atoms with Crippen molar-refractivity contribution >= 4 is 5.97 Å². The third kappa shape index (κ3) is 2.98. The summed E-state index contributed by atoms with van der Waals surface area (Å²) in [7, 11) is 0. The lowest BCUT2D eigenvalue weighted by molar-refractivity contribution is -0.138. The van der Waals surface area contributed by atoms with Crippen molar-refractivity contribution in [2.45, 2.75) is 18.5 Å². The summed E-state index contributed by atoms with van der Waals surface area (Å²) in [6, 6.07) is 0.904. The minimum atomic E-state index is -1.21. The number of rotatable bonds is 4. The number of aliphatic carboxylic acids is 1. The zero-order valence-electron chi connectivity index (χ0n) is 8.36. The molecule has 0 bridgehead atoms. The topological polar surface area (TPSA) is 89.3 Å². The largest absolute Gasteiger partial charge is 0.480 e. The highest BCUT2D eigenvalue weighted by Crippen LogP contribution is 2.19. The molecule has 0 aromatic heterocycles. The molecular weight excluding hydrogens is 218 g/mol. The predicted molar refractivity (Wildman–Crippen MR) is 53.5 cm³/mol. The molecule has 0 saturated carbocycles. The molecule has 0 amide bonds. The zero-order chi connectivity index (χ0) is 12.3. The quantitative estimate of drug-likeness (QED) is 0.712. The van der Waals surface area contributed by atoms with Crippen LogP contribution in [0.4, 0.5) is 8.78 Å². The Balaban J connectivity index is 2.80. The molecule has 0 radical (unpaired) electrons. The van der Waals surface area contributed by atoms with Gasteiger partial charge in [0.05, 0.1) is 0 Å². The van der Waals surface area contributed by atoms with Crippen molar-refractivity contribution in [1.29, 1.82) is 0 Å². The van der Waals surface area contributed by atoms with E-state index in [0.29, 0.717) is 6.07 Å². The summed E-state index contributed by atoms with van der Waals surface area (Å²) >= 11 is 0. The number of carboxylic acids is 1. The second-order valence-electron chi connectivity index (χ2n) is 3.45. The third-order valence-corrected chi connectivity index (χ3v) is 2.19. The van der Waals surface area contributed by atoms with Gasteiger partial charge < -0.3 is 16.6 Å². The van der Waals surface area contributed by atoms with Crippen LogP contribution in [0.5, 0.6) is 0 Å². The van der Waals surface area contributed by atoms with Crippen LogP contribution in [0.15, 0.2) is 18.2 Å². The Kier molecular flexibility index (Phi) is 3.92. The first-order chi connectivity index (χ1) is 7.41. The average Bonchev–Trinajstić information content (AvgIpc) is 2.16. The second kappa shape index (κ2) is 5.00. The number of carboxylic acid groups (broad SMARTS) is 1. The first-order valence-electron chi connectivity index (χ1n) is 4.60.